The number of nitrogens with two attached hydrogens (primary N) is 2. The summed E-state index contributed by atoms with van der Waals surface area (Å²) in [6.45, 7) is 1.96. The summed E-state index contributed by atoms with van der Waals surface area (Å²) in [5, 5.41) is 11.8. The van der Waals surface area contributed by atoms with Gasteiger partial charge in [-0.25, -0.2) is 4.98 Å². The number of hydrogen-bond donors (Lipinski definition) is 2. The van der Waals surface area contributed by atoms with E-state index in [0.29, 0.717) is 16.5 Å². The molecule has 1 unspecified atom stereocenters. The first-order valence-corrected chi connectivity index (χ1v) is 6.44. The van der Waals surface area contributed by atoms with Gasteiger partial charge in [0.05, 0.1) is 10.4 Å². The fourth-order valence-corrected chi connectivity index (χ4v) is 2.35. The summed E-state index contributed by atoms with van der Waals surface area (Å²) in [4.78, 5) is 14.8. The van der Waals surface area contributed by atoms with E-state index in [-0.39, 0.29) is 23.8 Å². The quantitative estimate of drug-likeness (QED) is 0.509. The molecule has 0 bridgehead atoms. The van der Waals surface area contributed by atoms with Crippen LogP contribution >= 0.6 is 11.6 Å². The van der Waals surface area contributed by atoms with Crippen molar-refractivity contribution in [2.24, 2.45) is 11.5 Å². The SMILES string of the molecule is CC(N)(CN)Cc1c([N+](=O)[O-])c(Cl)nc2ccccc12. The Morgan fingerprint density at radius 3 is 2.70 bits per heavy atom. The fourth-order valence-electron chi connectivity index (χ4n) is 2.08. The van der Waals surface area contributed by atoms with E-state index in [0.717, 1.165) is 0 Å². The van der Waals surface area contributed by atoms with Gasteiger partial charge in [0.25, 0.3) is 0 Å². The number of nitro groups is 1. The molecule has 1 atom stereocenters. The van der Waals surface area contributed by atoms with Crippen LogP contribution in [0.5, 0.6) is 0 Å². The van der Waals surface area contributed by atoms with Crippen LogP contribution in [0.3, 0.4) is 0 Å². The van der Waals surface area contributed by atoms with E-state index in [4.69, 9.17) is 23.1 Å². The second kappa shape index (κ2) is 5.32. The second-order valence-electron chi connectivity index (χ2n) is 5.04. The summed E-state index contributed by atoms with van der Waals surface area (Å²) in [5.41, 5.74) is 11.8. The maximum absolute atomic E-state index is 11.3. The first-order valence-electron chi connectivity index (χ1n) is 6.06. The van der Waals surface area contributed by atoms with E-state index in [1.807, 2.05) is 0 Å². The van der Waals surface area contributed by atoms with Crippen molar-refractivity contribution < 1.29 is 4.92 Å². The molecule has 20 heavy (non-hydrogen) atoms. The largest absolute Gasteiger partial charge is 0.329 e. The minimum atomic E-state index is -0.752. The average Bonchev–Trinajstić information content (AvgIpc) is 2.37. The number of rotatable bonds is 4. The van der Waals surface area contributed by atoms with Gasteiger partial charge in [0.15, 0.2) is 0 Å². The van der Waals surface area contributed by atoms with Crippen molar-refractivity contribution in [2.75, 3.05) is 6.54 Å². The summed E-state index contributed by atoms with van der Waals surface area (Å²) in [5.74, 6) is 0. The van der Waals surface area contributed by atoms with Gasteiger partial charge in [0.2, 0.25) is 5.15 Å². The maximum Gasteiger partial charge on any atom is 0.310 e. The van der Waals surface area contributed by atoms with Crippen molar-refractivity contribution in [2.45, 2.75) is 18.9 Å². The molecule has 2 rings (SSSR count). The number of para-hydroxylation sites is 1. The minimum absolute atomic E-state index is 0.128. The van der Waals surface area contributed by atoms with Gasteiger partial charge in [-0.15, -0.1) is 0 Å². The number of nitrogens with zero attached hydrogens (tertiary/aromatic N) is 2. The molecule has 0 saturated carbocycles. The third-order valence-electron chi connectivity index (χ3n) is 3.16. The van der Waals surface area contributed by atoms with Gasteiger partial charge in [-0.1, -0.05) is 29.8 Å². The van der Waals surface area contributed by atoms with Crippen molar-refractivity contribution in [1.82, 2.24) is 4.98 Å². The zero-order valence-corrected chi connectivity index (χ0v) is 11.7. The highest BCUT2D eigenvalue weighted by molar-refractivity contribution is 6.32. The highest BCUT2D eigenvalue weighted by Crippen LogP contribution is 2.34. The van der Waals surface area contributed by atoms with Crippen LogP contribution in [-0.2, 0) is 6.42 Å². The number of pyridine rings is 1. The molecule has 0 aliphatic rings. The van der Waals surface area contributed by atoms with Gasteiger partial charge in [-0.2, -0.15) is 0 Å². The Morgan fingerprint density at radius 1 is 1.45 bits per heavy atom. The van der Waals surface area contributed by atoms with Crippen LogP contribution in [0.4, 0.5) is 5.69 Å². The lowest BCUT2D eigenvalue weighted by Gasteiger charge is -2.23. The van der Waals surface area contributed by atoms with Crippen LogP contribution in [0, 0.1) is 10.1 Å². The van der Waals surface area contributed by atoms with Crippen LogP contribution in [0.2, 0.25) is 5.15 Å². The van der Waals surface area contributed by atoms with Crippen molar-refractivity contribution >= 4 is 28.2 Å². The highest BCUT2D eigenvalue weighted by atomic mass is 35.5. The monoisotopic (exact) mass is 294 g/mol. The third-order valence-corrected chi connectivity index (χ3v) is 3.42. The first-order chi connectivity index (χ1) is 9.35. The lowest BCUT2D eigenvalue weighted by Crippen LogP contribution is -2.46. The van der Waals surface area contributed by atoms with E-state index in [1.165, 1.54) is 0 Å². The third kappa shape index (κ3) is 2.72. The predicted molar refractivity (Wildman–Crippen MR) is 78.8 cm³/mol. The Bertz CT molecular complexity index is 673. The summed E-state index contributed by atoms with van der Waals surface area (Å²) < 4.78 is 0. The van der Waals surface area contributed by atoms with Crippen LogP contribution in [0.15, 0.2) is 24.3 Å². The molecular formula is C13H15ClN4O2. The highest BCUT2D eigenvalue weighted by Gasteiger charge is 2.28. The smallest absolute Gasteiger partial charge is 0.310 e. The van der Waals surface area contributed by atoms with Crippen LogP contribution in [0.1, 0.15) is 12.5 Å². The van der Waals surface area contributed by atoms with E-state index in [1.54, 1.807) is 31.2 Å². The van der Waals surface area contributed by atoms with Crippen molar-refractivity contribution in [1.29, 1.82) is 0 Å². The topological polar surface area (TPSA) is 108 Å². The zero-order chi connectivity index (χ0) is 14.9. The molecule has 0 aliphatic carbocycles. The number of halogens is 1. The fraction of sp³-hybridized carbons (Fsp3) is 0.308. The van der Waals surface area contributed by atoms with Crippen LogP contribution in [0.25, 0.3) is 10.9 Å². The van der Waals surface area contributed by atoms with Crippen molar-refractivity contribution in [3.8, 4) is 0 Å². The maximum atomic E-state index is 11.3. The zero-order valence-electron chi connectivity index (χ0n) is 11.0. The Morgan fingerprint density at radius 2 is 2.10 bits per heavy atom. The summed E-state index contributed by atoms with van der Waals surface area (Å²) in [6.07, 6.45) is 0.253. The Labute approximate surface area is 120 Å². The lowest BCUT2D eigenvalue weighted by atomic mass is 9.91. The van der Waals surface area contributed by atoms with E-state index in [2.05, 4.69) is 4.98 Å². The van der Waals surface area contributed by atoms with Gasteiger partial charge >= 0.3 is 5.69 Å². The van der Waals surface area contributed by atoms with Gasteiger partial charge < -0.3 is 11.5 Å². The minimum Gasteiger partial charge on any atom is -0.329 e. The molecule has 6 nitrogen and oxygen atoms in total. The van der Waals surface area contributed by atoms with Gasteiger partial charge in [0.1, 0.15) is 0 Å². The summed E-state index contributed by atoms with van der Waals surface area (Å²) in [6, 6.07) is 7.12. The van der Waals surface area contributed by atoms with Crippen LogP contribution in [-0.4, -0.2) is 22.0 Å². The van der Waals surface area contributed by atoms with Crippen molar-refractivity contribution in [3.63, 3.8) is 0 Å². The predicted octanol–water partition coefficient (Wildman–Crippen LogP) is 2.02. The molecule has 0 amide bonds. The van der Waals surface area contributed by atoms with Crippen molar-refractivity contribution in [3.05, 3.63) is 45.1 Å². The first kappa shape index (κ1) is 14.6. The van der Waals surface area contributed by atoms with Gasteiger partial charge in [0, 0.05) is 23.0 Å². The molecule has 0 radical (unpaired) electrons. The van der Waals surface area contributed by atoms with E-state index in [9.17, 15) is 10.1 Å². The Hall–Kier alpha value is -1.76. The van der Waals surface area contributed by atoms with E-state index < -0.39 is 10.5 Å². The second-order valence-corrected chi connectivity index (χ2v) is 5.40. The molecule has 0 saturated heterocycles. The Balaban J connectivity index is 2.75. The lowest BCUT2D eigenvalue weighted by molar-refractivity contribution is -0.385. The summed E-state index contributed by atoms with van der Waals surface area (Å²) >= 11 is 5.95. The molecule has 4 N–H and O–H groups in total. The summed E-state index contributed by atoms with van der Waals surface area (Å²) in [7, 11) is 0. The molecule has 1 heterocycles. The average molecular weight is 295 g/mol. The molecule has 0 fully saturated rings. The molecule has 1 aromatic carbocycles. The van der Waals surface area contributed by atoms with Gasteiger partial charge in [-0.05, 0) is 19.4 Å². The van der Waals surface area contributed by atoms with E-state index >= 15 is 0 Å². The molecular weight excluding hydrogens is 280 g/mol. The Kier molecular flexibility index (Phi) is 3.89. The number of benzene rings is 1. The molecule has 2 aromatic rings. The number of fused-ring (bicyclic) bond motifs is 1. The molecule has 106 valence electrons. The molecule has 7 heteroatoms. The van der Waals surface area contributed by atoms with Gasteiger partial charge in [-0.3, -0.25) is 10.1 Å². The normalized spacial score (nSPS) is 14.2. The molecule has 0 aliphatic heterocycles. The van der Waals surface area contributed by atoms with Crippen LogP contribution < -0.4 is 11.5 Å². The standard InChI is InChI=1S/C13H15ClN4O2/c1-13(16,7-15)6-9-8-4-2-3-5-10(8)17-12(14)11(9)18(19)20/h2-5H,6-7,15-16H2,1H3. The molecule has 0 spiro atoms. The number of hydrogen-bond acceptors (Lipinski definition) is 5. The molecule has 1 aromatic heterocycles. The number of aromatic nitrogens is 1.